The Balaban J connectivity index is 2.37. The van der Waals surface area contributed by atoms with Crippen molar-refractivity contribution in [1.29, 1.82) is 0 Å². The van der Waals surface area contributed by atoms with Gasteiger partial charge in [-0.15, -0.1) is 0 Å². The van der Waals surface area contributed by atoms with Crippen molar-refractivity contribution in [2.75, 3.05) is 26.0 Å². The molecule has 1 fully saturated rings. The third-order valence-corrected chi connectivity index (χ3v) is 4.87. The van der Waals surface area contributed by atoms with E-state index in [4.69, 9.17) is 4.74 Å². The zero-order valence-electron chi connectivity index (χ0n) is 11.5. The first-order valence-electron chi connectivity index (χ1n) is 7.22. The number of hydrogen-bond donors (Lipinski definition) is 1. The third-order valence-electron chi connectivity index (χ3n) is 3.48. The number of rotatable bonds is 7. The molecule has 2 nitrogen and oxygen atoms in total. The molecule has 102 valence electrons. The quantitative estimate of drug-likeness (QED) is 0.708. The van der Waals surface area contributed by atoms with Gasteiger partial charge in [-0.2, -0.15) is 11.8 Å². The van der Waals surface area contributed by atoms with Gasteiger partial charge < -0.3 is 10.1 Å². The molecule has 2 unspecified atom stereocenters. The topological polar surface area (TPSA) is 21.3 Å². The molecule has 0 aromatic carbocycles. The lowest BCUT2D eigenvalue weighted by atomic mass is 9.96. The summed E-state index contributed by atoms with van der Waals surface area (Å²) in [4.78, 5) is 0. The average Bonchev–Trinajstić information content (AvgIpc) is 2.31. The highest BCUT2D eigenvalue weighted by atomic mass is 32.2. The van der Waals surface area contributed by atoms with Crippen LogP contribution >= 0.6 is 11.8 Å². The highest BCUT2D eigenvalue weighted by Gasteiger charge is 2.22. The van der Waals surface area contributed by atoms with Gasteiger partial charge in [0.15, 0.2) is 0 Å². The van der Waals surface area contributed by atoms with E-state index in [2.05, 4.69) is 24.0 Å². The predicted molar refractivity (Wildman–Crippen MR) is 77.9 cm³/mol. The number of ether oxygens (including phenoxy) is 1. The van der Waals surface area contributed by atoms with Gasteiger partial charge in [0.25, 0.3) is 0 Å². The Morgan fingerprint density at radius 2 is 1.94 bits per heavy atom. The standard InChI is InChI=1S/C14H29NOS/c1-3-10-15-13-8-6-4-5-7-9-14(13)17-12-11-16-2/h13-15H,3-12H2,1-2H3. The van der Waals surface area contributed by atoms with Crippen LogP contribution in [0, 0.1) is 0 Å². The van der Waals surface area contributed by atoms with Gasteiger partial charge in [0.05, 0.1) is 6.61 Å². The molecule has 2 atom stereocenters. The van der Waals surface area contributed by atoms with Crippen molar-refractivity contribution in [1.82, 2.24) is 5.32 Å². The molecule has 1 aliphatic rings. The number of nitrogens with one attached hydrogen (secondary N) is 1. The van der Waals surface area contributed by atoms with Crippen LogP contribution in [-0.4, -0.2) is 37.3 Å². The Labute approximate surface area is 111 Å². The molecule has 1 saturated carbocycles. The molecule has 0 bridgehead atoms. The fourth-order valence-corrected chi connectivity index (χ4v) is 3.86. The summed E-state index contributed by atoms with van der Waals surface area (Å²) in [7, 11) is 1.80. The molecule has 0 aromatic rings. The summed E-state index contributed by atoms with van der Waals surface area (Å²) in [6.07, 6.45) is 9.67. The molecule has 1 rings (SSSR count). The third kappa shape index (κ3) is 6.68. The number of methoxy groups -OCH3 is 1. The summed E-state index contributed by atoms with van der Waals surface area (Å²) in [6, 6.07) is 0.733. The van der Waals surface area contributed by atoms with Crippen LogP contribution in [0.4, 0.5) is 0 Å². The SMILES string of the molecule is CCCNC1CCCCCCC1SCCOC. The second-order valence-electron chi connectivity index (χ2n) is 4.95. The van der Waals surface area contributed by atoms with Crippen LogP contribution in [-0.2, 0) is 4.74 Å². The van der Waals surface area contributed by atoms with E-state index in [1.165, 1.54) is 51.5 Å². The van der Waals surface area contributed by atoms with E-state index in [9.17, 15) is 0 Å². The minimum absolute atomic E-state index is 0.733. The van der Waals surface area contributed by atoms with E-state index < -0.39 is 0 Å². The molecule has 1 N–H and O–H groups in total. The summed E-state index contributed by atoms with van der Waals surface area (Å²) >= 11 is 2.12. The van der Waals surface area contributed by atoms with Gasteiger partial charge in [0.2, 0.25) is 0 Å². The molecule has 0 spiro atoms. The van der Waals surface area contributed by atoms with Crippen LogP contribution in [0.5, 0.6) is 0 Å². The zero-order chi connectivity index (χ0) is 12.3. The molecule has 0 heterocycles. The molecule has 0 radical (unpaired) electrons. The Kier molecular flexibility index (Phi) is 9.21. The first kappa shape index (κ1) is 15.3. The maximum Gasteiger partial charge on any atom is 0.0553 e. The maximum absolute atomic E-state index is 5.16. The van der Waals surface area contributed by atoms with Gasteiger partial charge in [-0.1, -0.05) is 32.6 Å². The first-order valence-corrected chi connectivity index (χ1v) is 8.27. The van der Waals surface area contributed by atoms with E-state index in [-0.39, 0.29) is 0 Å². The Hall–Kier alpha value is 0.270. The van der Waals surface area contributed by atoms with Crippen LogP contribution in [0.1, 0.15) is 51.9 Å². The van der Waals surface area contributed by atoms with Crippen LogP contribution in [0.3, 0.4) is 0 Å². The molecular formula is C14H29NOS. The fraction of sp³-hybridized carbons (Fsp3) is 1.00. The molecule has 0 amide bonds. The van der Waals surface area contributed by atoms with Crippen molar-refractivity contribution in [3.8, 4) is 0 Å². The van der Waals surface area contributed by atoms with E-state index >= 15 is 0 Å². The van der Waals surface area contributed by atoms with Crippen LogP contribution in [0.2, 0.25) is 0 Å². The summed E-state index contributed by atoms with van der Waals surface area (Å²) in [5.41, 5.74) is 0. The number of hydrogen-bond acceptors (Lipinski definition) is 3. The van der Waals surface area contributed by atoms with Gasteiger partial charge in [-0.05, 0) is 25.8 Å². The summed E-state index contributed by atoms with van der Waals surface area (Å²) < 4.78 is 5.16. The van der Waals surface area contributed by atoms with Crippen molar-refractivity contribution in [3.05, 3.63) is 0 Å². The lowest BCUT2D eigenvalue weighted by molar-refractivity contribution is 0.218. The minimum Gasteiger partial charge on any atom is -0.384 e. The van der Waals surface area contributed by atoms with Crippen molar-refractivity contribution < 1.29 is 4.74 Å². The molecule has 3 heteroatoms. The van der Waals surface area contributed by atoms with Crippen LogP contribution in [0.15, 0.2) is 0 Å². The molecule has 17 heavy (non-hydrogen) atoms. The number of thioether (sulfide) groups is 1. The lowest BCUT2D eigenvalue weighted by Gasteiger charge is -2.30. The molecule has 0 aliphatic heterocycles. The van der Waals surface area contributed by atoms with Crippen molar-refractivity contribution in [2.24, 2.45) is 0 Å². The van der Waals surface area contributed by atoms with Gasteiger partial charge >= 0.3 is 0 Å². The fourth-order valence-electron chi connectivity index (χ4n) is 2.50. The van der Waals surface area contributed by atoms with Crippen molar-refractivity contribution in [2.45, 2.75) is 63.2 Å². The summed E-state index contributed by atoms with van der Waals surface area (Å²) in [5, 5.41) is 4.56. The summed E-state index contributed by atoms with van der Waals surface area (Å²) in [5.74, 6) is 1.14. The molecular weight excluding hydrogens is 230 g/mol. The lowest BCUT2D eigenvalue weighted by Crippen LogP contribution is -2.39. The Morgan fingerprint density at radius 1 is 1.18 bits per heavy atom. The highest BCUT2D eigenvalue weighted by Crippen LogP contribution is 2.27. The monoisotopic (exact) mass is 259 g/mol. The van der Waals surface area contributed by atoms with Gasteiger partial charge in [0.1, 0.15) is 0 Å². The smallest absolute Gasteiger partial charge is 0.0553 e. The van der Waals surface area contributed by atoms with Gasteiger partial charge in [0, 0.05) is 24.2 Å². The Morgan fingerprint density at radius 3 is 2.65 bits per heavy atom. The van der Waals surface area contributed by atoms with E-state index in [0.29, 0.717) is 0 Å². The largest absolute Gasteiger partial charge is 0.384 e. The van der Waals surface area contributed by atoms with Gasteiger partial charge in [-0.25, -0.2) is 0 Å². The second kappa shape index (κ2) is 10.2. The van der Waals surface area contributed by atoms with Crippen LogP contribution < -0.4 is 5.32 Å². The molecule has 0 aromatic heterocycles. The zero-order valence-corrected chi connectivity index (χ0v) is 12.4. The van der Waals surface area contributed by atoms with Crippen molar-refractivity contribution in [3.63, 3.8) is 0 Å². The average molecular weight is 259 g/mol. The first-order chi connectivity index (χ1) is 8.38. The summed E-state index contributed by atoms with van der Waals surface area (Å²) in [6.45, 7) is 4.32. The van der Waals surface area contributed by atoms with E-state index in [1.54, 1.807) is 7.11 Å². The van der Waals surface area contributed by atoms with E-state index in [0.717, 1.165) is 23.7 Å². The van der Waals surface area contributed by atoms with Gasteiger partial charge in [-0.3, -0.25) is 0 Å². The highest BCUT2D eigenvalue weighted by molar-refractivity contribution is 7.99. The molecule has 0 saturated heterocycles. The van der Waals surface area contributed by atoms with E-state index in [1.807, 2.05) is 0 Å². The maximum atomic E-state index is 5.16. The van der Waals surface area contributed by atoms with Crippen molar-refractivity contribution >= 4 is 11.8 Å². The molecule has 1 aliphatic carbocycles. The normalized spacial score (nSPS) is 26.5. The predicted octanol–water partition coefficient (Wildman–Crippen LogP) is 3.46. The minimum atomic E-state index is 0.733. The second-order valence-corrected chi connectivity index (χ2v) is 6.30. The Bertz CT molecular complexity index is 176. The van der Waals surface area contributed by atoms with Crippen LogP contribution in [0.25, 0.3) is 0 Å².